The summed E-state index contributed by atoms with van der Waals surface area (Å²) in [6, 6.07) is 10.5. The van der Waals surface area contributed by atoms with E-state index in [0.717, 1.165) is 5.56 Å². The van der Waals surface area contributed by atoms with Crippen molar-refractivity contribution >= 4 is 11.3 Å². The summed E-state index contributed by atoms with van der Waals surface area (Å²) in [6.07, 6.45) is 0. The second kappa shape index (κ2) is 3.80. The largest absolute Gasteiger partial charge is 0.318 e. The van der Waals surface area contributed by atoms with E-state index in [1.807, 2.05) is 0 Å². The summed E-state index contributed by atoms with van der Waals surface area (Å²) in [6.45, 7) is 4.14. The summed E-state index contributed by atoms with van der Waals surface area (Å²) in [7, 11) is 0. The van der Waals surface area contributed by atoms with Crippen molar-refractivity contribution in [1.29, 1.82) is 0 Å². The lowest BCUT2D eigenvalue weighted by molar-refractivity contribution is 0.605. The summed E-state index contributed by atoms with van der Waals surface area (Å²) in [5, 5.41) is 4.18. The van der Waals surface area contributed by atoms with Crippen LogP contribution >= 0.6 is 11.3 Å². The molecule has 1 unspecified atom stereocenters. The van der Waals surface area contributed by atoms with Gasteiger partial charge in [0.2, 0.25) is 0 Å². The van der Waals surface area contributed by atoms with E-state index < -0.39 is 0 Å². The highest BCUT2D eigenvalue weighted by Crippen LogP contribution is 2.28. The lowest BCUT2D eigenvalue weighted by Gasteiger charge is -2.24. The van der Waals surface area contributed by atoms with Gasteiger partial charge in [-0.1, -0.05) is 29.8 Å². The van der Waals surface area contributed by atoms with Crippen LogP contribution in [-0.4, -0.2) is 0 Å². The molecule has 0 aliphatic carbocycles. The van der Waals surface area contributed by atoms with Gasteiger partial charge in [0.25, 0.3) is 0 Å². The molecule has 2 aromatic rings. The van der Waals surface area contributed by atoms with Crippen LogP contribution in [0.15, 0.2) is 41.1 Å². The van der Waals surface area contributed by atoms with E-state index in [0.29, 0.717) is 0 Å². The van der Waals surface area contributed by atoms with Crippen LogP contribution in [-0.2, 0) is 5.54 Å². The Morgan fingerprint density at radius 2 is 1.73 bits per heavy atom. The Balaban J connectivity index is 2.41. The van der Waals surface area contributed by atoms with Crippen LogP contribution in [0.3, 0.4) is 0 Å². The third kappa shape index (κ3) is 1.96. The lowest BCUT2D eigenvalue weighted by Crippen LogP contribution is -2.33. The van der Waals surface area contributed by atoms with E-state index in [-0.39, 0.29) is 5.54 Å². The van der Waals surface area contributed by atoms with Gasteiger partial charge in [-0.25, -0.2) is 0 Å². The molecular formula is C13H15NS. The Bertz CT molecular complexity index is 426. The van der Waals surface area contributed by atoms with Crippen molar-refractivity contribution in [3.63, 3.8) is 0 Å². The summed E-state index contributed by atoms with van der Waals surface area (Å²) in [4.78, 5) is 0. The monoisotopic (exact) mass is 217 g/mol. The van der Waals surface area contributed by atoms with E-state index in [1.165, 1.54) is 11.1 Å². The highest BCUT2D eigenvalue weighted by molar-refractivity contribution is 7.08. The molecule has 1 aromatic heterocycles. The first-order valence-corrected chi connectivity index (χ1v) is 5.93. The lowest BCUT2D eigenvalue weighted by atomic mass is 9.87. The average molecular weight is 217 g/mol. The van der Waals surface area contributed by atoms with Crippen molar-refractivity contribution in [2.75, 3.05) is 0 Å². The van der Waals surface area contributed by atoms with Gasteiger partial charge >= 0.3 is 0 Å². The molecule has 1 heterocycles. The van der Waals surface area contributed by atoms with E-state index >= 15 is 0 Å². The standard InChI is InChI=1S/C13H15NS/c1-10-3-5-11(6-4-10)13(2,14)12-7-8-15-9-12/h3-9H,14H2,1-2H3. The molecule has 0 aliphatic heterocycles. The van der Waals surface area contributed by atoms with Gasteiger partial charge < -0.3 is 5.73 Å². The van der Waals surface area contributed by atoms with Crippen LogP contribution in [0, 0.1) is 6.92 Å². The SMILES string of the molecule is Cc1ccc(C(C)(N)c2ccsc2)cc1. The van der Waals surface area contributed by atoms with Crippen LogP contribution < -0.4 is 5.73 Å². The van der Waals surface area contributed by atoms with Crippen LogP contribution in [0.4, 0.5) is 0 Å². The fourth-order valence-electron chi connectivity index (χ4n) is 1.63. The Morgan fingerprint density at radius 3 is 2.27 bits per heavy atom. The predicted molar refractivity (Wildman–Crippen MR) is 66.1 cm³/mol. The Hall–Kier alpha value is -1.12. The van der Waals surface area contributed by atoms with Crippen molar-refractivity contribution < 1.29 is 0 Å². The van der Waals surface area contributed by atoms with Gasteiger partial charge in [-0.2, -0.15) is 11.3 Å². The molecule has 78 valence electrons. The Morgan fingerprint density at radius 1 is 1.07 bits per heavy atom. The zero-order chi connectivity index (χ0) is 10.9. The first-order valence-electron chi connectivity index (χ1n) is 4.99. The number of hydrogen-bond acceptors (Lipinski definition) is 2. The molecule has 1 nitrogen and oxygen atoms in total. The van der Waals surface area contributed by atoms with Crippen molar-refractivity contribution in [3.05, 3.63) is 57.8 Å². The molecule has 0 saturated carbocycles. The molecule has 2 rings (SSSR count). The normalized spacial score (nSPS) is 14.9. The number of aryl methyl sites for hydroxylation is 1. The average Bonchev–Trinajstić information content (AvgIpc) is 2.71. The molecule has 15 heavy (non-hydrogen) atoms. The molecule has 1 aromatic carbocycles. The van der Waals surface area contributed by atoms with Crippen LogP contribution in [0.2, 0.25) is 0 Å². The summed E-state index contributed by atoms with van der Waals surface area (Å²) in [5.41, 5.74) is 9.58. The van der Waals surface area contributed by atoms with Gasteiger partial charge in [-0.15, -0.1) is 0 Å². The fourth-order valence-corrected chi connectivity index (χ4v) is 2.40. The number of benzene rings is 1. The van der Waals surface area contributed by atoms with Crippen molar-refractivity contribution in [3.8, 4) is 0 Å². The first-order chi connectivity index (χ1) is 7.10. The fraction of sp³-hybridized carbons (Fsp3) is 0.231. The molecule has 0 radical (unpaired) electrons. The third-order valence-corrected chi connectivity index (χ3v) is 3.46. The molecule has 0 fully saturated rings. The van der Waals surface area contributed by atoms with Gasteiger partial charge in [0, 0.05) is 0 Å². The smallest absolute Gasteiger partial charge is 0.0645 e. The number of hydrogen-bond donors (Lipinski definition) is 1. The molecule has 0 amide bonds. The van der Waals surface area contributed by atoms with Gasteiger partial charge in [-0.05, 0) is 41.8 Å². The maximum absolute atomic E-state index is 6.36. The minimum Gasteiger partial charge on any atom is -0.318 e. The second-order valence-electron chi connectivity index (χ2n) is 4.08. The highest BCUT2D eigenvalue weighted by atomic mass is 32.1. The predicted octanol–water partition coefficient (Wildman–Crippen LogP) is 3.28. The van der Waals surface area contributed by atoms with Crippen LogP contribution in [0.25, 0.3) is 0 Å². The number of thiophene rings is 1. The van der Waals surface area contributed by atoms with Crippen molar-refractivity contribution in [2.24, 2.45) is 5.73 Å². The molecule has 2 N–H and O–H groups in total. The zero-order valence-corrected chi connectivity index (χ0v) is 9.84. The summed E-state index contributed by atoms with van der Waals surface area (Å²) in [5.74, 6) is 0. The Kier molecular flexibility index (Phi) is 2.63. The van der Waals surface area contributed by atoms with Gasteiger partial charge in [0.05, 0.1) is 5.54 Å². The summed E-state index contributed by atoms with van der Waals surface area (Å²) >= 11 is 1.68. The zero-order valence-electron chi connectivity index (χ0n) is 9.03. The molecule has 0 spiro atoms. The minimum absolute atomic E-state index is 0.381. The molecule has 0 bridgehead atoms. The second-order valence-corrected chi connectivity index (χ2v) is 4.86. The maximum atomic E-state index is 6.36. The number of nitrogens with two attached hydrogens (primary N) is 1. The third-order valence-electron chi connectivity index (χ3n) is 2.77. The molecule has 0 saturated heterocycles. The van der Waals surface area contributed by atoms with Gasteiger partial charge in [0.1, 0.15) is 0 Å². The van der Waals surface area contributed by atoms with E-state index in [1.54, 1.807) is 11.3 Å². The maximum Gasteiger partial charge on any atom is 0.0645 e. The van der Waals surface area contributed by atoms with Gasteiger partial charge in [0.15, 0.2) is 0 Å². The summed E-state index contributed by atoms with van der Waals surface area (Å²) < 4.78 is 0. The number of rotatable bonds is 2. The molecular weight excluding hydrogens is 202 g/mol. The van der Waals surface area contributed by atoms with Gasteiger partial charge in [-0.3, -0.25) is 0 Å². The first kappa shape index (κ1) is 10.4. The Labute approximate surface area is 94.6 Å². The van der Waals surface area contributed by atoms with E-state index in [4.69, 9.17) is 5.73 Å². The highest BCUT2D eigenvalue weighted by Gasteiger charge is 2.23. The van der Waals surface area contributed by atoms with Crippen LogP contribution in [0.5, 0.6) is 0 Å². The minimum atomic E-state index is -0.381. The van der Waals surface area contributed by atoms with E-state index in [9.17, 15) is 0 Å². The van der Waals surface area contributed by atoms with Crippen molar-refractivity contribution in [1.82, 2.24) is 0 Å². The van der Waals surface area contributed by atoms with Crippen molar-refractivity contribution in [2.45, 2.75) is 19.4 Å². The van der Waals surface area contributed by atoms with E-state index in [2.05, 4.69) is 54.9 Å². The topological polar surface area (TPSA) is 26.0 Å². The van der Waals surface area contributed by atoms with Crippen LogP contribution in [0.1, 0.15) is 23.6 Å². The molecule has 0 aliphatic rings. The molecule has 1 atom stereocenters. The molecule has 2 heteroatoms. The quantitative estimate of drug-likeness (QED) is 0.820.